The first-order valence-corrected chi connectivity index (χ1v) is 14.6. The Labute approximate surface area is 194 Å². The summed E-state index contributed by atoms with van der Waals surface area (Å²) < 4.78 is 13.1. The van der Waals surface area contributed by atoms with Crippen molar-refractivity contribution in [1.82, 2.24) is 0 Å². The van der Waals surface area contributed by atoms with Gasteiger partial charge in [-0.15, -0.1) is 0 Å². The van der Waals surface area contributed by atoms with E-state index in [-0.39, 0.29) is 11.1 Å². The molecule has 0 amide bonds. The van der Waals surface area contributed by atoms with Gasteiger partial charge in [0.1, 0.15) is 12.4 Å². The van der Waals surface area contributed by atoms with Crippen LogP contribution in [0, 0.1) is 11.8 Å². The number of carboxylic acids is 1. The maximum atomic E-state index is 11.1. The summed E-state index contributed by atoms with van der Waals surface area (Å²) in [5.41, 5.74) is 1.56. The molecule has 0 spiro atoms. The Kier molecular flexibility index (Phi) is 7.83. The van der Waals surface area contributed by atoms with E-state index in [0.717, 1.165) is 25.0 Å². The molecule has 1 aliphatic rings. The maximum Gasteiger partial charge on any atom is 0.335 e. The highest BCUT2D eigenvalue weighted by Gasteiger charge is 2.42. The number of para-hydroxylation sites is 1. The van der Waals surface area contributed by atoms with Gasteiger partial charge < -0.3 is 14.3 Å². The van der Waals surface area contributed by atoms with Crippen LogP contribution in [0.3, 0.4) is 0 Å². The van der Waals surface area contributed by atoms with E-state index in [4.69, 9.17) is 14.3 Å². The van der Waals surface area contributed by atoms with Gasteiger partial charge in [-0.1, -0.05) is 51.1 Å². The zero-order valence-electron chi connectivity index (χ0n) is 20.1. The number of hydrogen-bond donors (Lipinski definition) is 1. The molecule has 0 aliphatic heterocycles. The molecule has 5 heteroatoms. The molecule has 2 aromatic carbocycles. The Morgan fingerprint density at radius 1 is 1.06 bits per heavy atom. The predicted molar refractivity (Wildman–Crippen MR) is 132 cm³/mol. The Morgan fingerprint density at radius 3 is 2.31 bits per heavy atom. The van der Waals surface area contributed by atoms with E-state index in [2.05, 4.69) is 33.9 Å². The molecule has 174 valence electrons. The molecule has 0 heterocycles. The van der Waals surface area contributed by atoms with Crippen LogP contribution in [0.1, 0.15) is 56.0 Å². The fourth-order valence-corrected chi connectivity index (χ4v) is 5.64. The normalized spacial score (nSPS) is 20.2. The Balaban J connectivity index is 1.66. The van der Waals surface area contributed by atoms with E-state index in [1.807, 2.05) is 42.5 Å². The zero-order valence-corrected chi connectivity index (χ0v) is 21.1. The minimum Gasteiger partial charge on any atom is -0.491 e. The minimum atomic E-state index is -1.92. The van der Waals surface area contributed by atoms with Gasteiger partial charge in [-0.2, -0.15) is 0 Å². The van der Waals surface area contributed by atoms with Crippen LogP contribution >= 0.6 is 0 Å². The van der Waals surface area contributed by atoms with E-state index in [0.29, 0.717) is 24.0 Å². The first-order valence-electron chi connectivity index (χ1n) is 11.7. The van der Waals surface area contributed by atoms with E-state index in [1.54, 1.807) is 12.1 Å². The quantitative estimate of drug-likeness (QED) is 0.423. The molecule has 3 rings (SSSR count). The highest BCUT2D eigenvalue weighted by Crippen LogP contribution is 2.42. The van der Waals surface area contributed by atoms with Crippen molar-refractivity contribution in [3.8, 4) is 5.75 Å². The van der Waals surface area contributed by atoms with Gasteiger partial charge in [-0.3, -0.25) is 0 Å². The summed E-state index contributed by atoms with van der Waals surface area (Å²) in [5.74, 6) is 1.10. The van der Waals surface area contributed by atoms with E-state index >= 15 is 0 Å². The van der Waals surface area contributed by atoms with Crippen LogP contribution in [-0.4, -0.2) is 32.1 Å². The topological polar surface area (TPSA) is 55.8 Å². The van der Waals surface area contributed by atoms with Crippen LogP contribution in [0.2, 0.25) is 18.1 Å². The fraction of sp³-hybridized carbons (Fsp3) is 0.519. The number of ether oxygens (including phenoxy) is 1. The first-order chi connectivity index (χ1) is 15.0. The van der Waals surface area contributed by atoms with Crippen molar-refractivity contribution in [1.29, 1.82) is 0 Å². The second kappa shape index (κ2) is 10.2. The van der Waals surface area contributed by atoms with Gasteiger partial charge in [0.2, 0.25) is 0 Å². The van der Waals surface area contributed by atoms with Crippen molar-refractivity contribution in [2.45, 2.75) is 70.7 Å². The largest absolute Gasteiger partial charge is 0.491 e. The number of hydrogen-bond acceptors (Lipinski definition) is 3. The van der Waals surface area contributed by atoms with Crippen molar-refractivity contribution in [3.63, 3.8) is 0 Å². The molecule has 1 N–H and O–H groups in total. The highest BCUT2D eigenvalue weighted by atomic mass is 28.4. The van der Waals surface area contributed by atoms with Gasteiger partial charge in [0.15, 0.2) is 8.32 Å². The van der Waals surface area contributed by atoms with Crippen molar-refractivity contribution >= 4 is 14.3 Å². The van der Waals surface area contributed by atoms with Crippen LogP contribution in [0.5, 0.6) is 5.75 Å². The van der Waals surface area contributed by atoms with Gasteiger partial charge >= 0.3 is 5.97 Å². The monoisotopic (exact) mass is 454 g/mol. The first kappa shape index (κ1) is 24.5. The lowest BCUT2D eigenvalue weighted by molar-refractivity contribution is 0.0664. The Morgan fingerprint density at radius 2 is 1.72 bits per heavy atom. The van der Waals surface area contributed by atoms with Crippen LogP contribution < -0.4 is 4.74 Å². The molecular formula is C27H38O4Si. The molecule has 0 aromatic heterocycles. The lowest BCUT2D eigenvalue weighted by Gasteiger charge is -2.41. The van der Waals surface area contributed by atoms with Gasteiger partial charge in [0, 0.05) is 0 Å². The van der Waals surface area contributed by atoms with Crippen molar-refractivity contribution < 1.29 is 19.1 Å². The third-order valence-corrected chi connectivity index (χ3v) is 11.7. The van der Waals surface area contributed by atoms with Gasteiger partial charge in [0.05, 0.1) is 11.7 Å². The van der Waals surface area contributed by atoms with Crippen molar-refractivity contribution in [2.24, 2.45) is 11.8 Å². The third kappa shape index (κ3) is 6.45. The van der Waals surface area contributed by atoms with E-state index in [1.165, 1.54) is 12.0 Å². The molecule has 3 atom stereocenters. The lowest BCUT2D eigenvalue weighted by atomic mass is 9.94. The predicted octanol–water partition coefficient (Wildman–Crippen LogP) is 6.81. The van der Waals surface area contributed by atoms with Crippen LogP contribution in [0.4, 0.5) is 0 Å². The van der Waals surface area contributed by atoms with Crippen molar-refractivity contribution in [2.75, 3.05) is 6.61 Å². The molecule has 1 aliphatic carbocycles. The lowest BCUT2D eigenvalue weighted by Crippen LogP contribution is -2.47. The van der Waals surface area contributed by atoms with Gasteiger partial charge in [0.25, 0.3) is 0 Å². The summed E-state index contributed by atoms with van der Waals surface area (Å²) in [7, 11) is -1.92. The van der Waals surface area contributed by atoms with Crippen LogP contribution in [-0.2, 0) is 10.8 Å². The second-order valence-corrected chi connectivity index (χ2v) is 15.4. The average Bonchev–Trinajstić information content (AvgIpc) is 3.19. The van der Waals surface area contributed by atoms with Crippen LogP contribution in [0.15, 0.2) is 54.6 Å². The summed E-state index contributed by atoms with van der Waals surface area (Å²) in [4.78, 5) is 11.1. The maximum absolute atomic E-state index is 11.1. The number of aromatic carboxylic acids is 1. The molecule has 1 unspecified atom stereocenters. The minimum absolute atomic E-state index is 0.0930. The third-order valence-electron chi connectivity index (χ3n) is 7.24. The smallest absolute Gasteiger partial charge is 0.335 e. The molecule has 0 bridgehead atoms. The molecule has 32 heavy (non-hydrogen) atoms. The molecule has 0 radical (unpaired) electrons. The Hall–Kier alpha value is -2.11. The molecule has 2 aromatic rings. The van der Waals surface area contributed by atoms with E-state index < -0.39 is 14.3 Å². The summed E-state index contributed by atoms with van der Waals surface area (Å²) in [6, 6.07) is 17.3. The average molecular weight is 455 g/mol. The highest BCUT2D eigenvalue weighted by molar-refractivity contribution is 6.74. The van der Waals surface area contributed by atoms with Gasteiger partial charge in [-0.25, -0.2) is 4.79 Å². The summed E-state index contributed by atoms with van der Waals surface area (Å²) in [5, 5.41) is 9.27. The molecular weight excluding hydrogens is 416 g/mol. The summed E-state index contributed by atoms with van der Waals surface area (Å²) >= 11 is 0. The summed E-state index contributed by atoms with van der Waals surface area (Å²) in [6.45, 7) is 12.1. The van der Waals surface area contributed by atoms with Crippen molar-refractivity contribution in [3.05, 3.63) is 65.7 Å². The number of benzene rings is 2. The second-order valence-electron chi connectivity index (χ2n) is 10.7. The zero-order chi connectivity index (χ0) is 23.4. The summed E-state index contributed by atoms with van der Waals surface area (Å²) in [6.07, 6.45) is 4.53. The molecule has 0 saturated heterocycles. The molecule has 1 saturated carbocycles. The molecule has 4 nitrogen and oxygen atoms in total. The van der Waals surface area contributed by atoms with E-state index in [9.17, 15) is 4.79 Å². The van der Waals surface area contributed by atoms with Crippen LogP contribution in [0.25, 0.3) is 0 Å². The number of rotatable bonds is 9. The number of carboxylic acid groups (broad SMARTS) is 1. The fourth-order valence-electron chi connectivity index (χ4n) is 4.27. The number of carbonyl (C=O) groups is 1. The SMILES string of the molecule is CC(C)(C)[Si](C)(C)O[C@H](COc1ccccc1)[C@H]1CCC(Cc2ccc(C(=O)O)cc2)C1. The standard InChI is InChI=1S/C27H38O4Si/c1-27(2,3)32(4,5)31-25(19-30-24-9-7-6-8-10-24)23-16-13-21(18-23)17-20-11-14-22(15-12-20)26(28)29/h6-12,14-15,21,23,25H,13,16-19H2,1-5H3,(H,28,29)/t21?,23-,25+/m0/s1. The molecule has 1 fully saturated rings. The van der Waals surface area contributed by atoms with Gasteiger partial charge in [-0.05, 0) is 85.5 Å². The Bertz CT molecular complexity index is 871.